The molecule has 0 aliphatic carbocycles. The lowest BCUT2D eigenvalue weighted by molar-refractivity contribution is -0.160. The van der Waals surface area contributed by atoms with Crippen LogP contribution in [0.4, 0.5) is 4.39 Å². The maximum absolute atomic E-state index is 13.4. The Balaban J connectivity index is 1.99. The van der Waals surface area contributed by atoms with Gasteiger partial charge in [-0.1, -0.05) is 12.1 Å². The highest BCUT2D eigenvalue weighted by molar-refractivity contribution is 7.94. The standard InChI is InChI=1S/C21H20FNO3S/c1-15(24)3-8-18-11-14-21(23(18)19-9-6-17(22)7-10-19)16-4-12-20(13-5-16)27-26-25-2/h4-7,9-14H,3,8H2,1-2H3. The van der Waals surface area contributed by atoms with Gasteiger partial charge in [0.2, 0.25) is 0 Å². The number of carbonyl (C=O) groups excluding carboxylic acids is 1. The molecule has 0 unspecified atom stereocenters. The molecule has 1 heterocycles. The number of carbonyl (C=O) groups is 1. The van der Waals surface area contributed by atoms with E-state index in [0.717, 1.165) is 39.6 Å². The highest BCUT2D eigenvalue weighted by Gasteiger charge is 2.13. The van der Waals surface area contributed by atoms with Crippen molar-refractivity contribution in [1.82, 2.24) is 4.57 Å². The minimum atomic E-state index is -0.280. The zero-order valence-electron chi connectivity index (χ0n) is 15.1. The highest BCUT2D eigenvalue weighted by atomic mass is 32.2. The molecule has 0 spiro atoms. The number of aryl methyl sites for hydroxylation is 1. The predicted molar refractivity (Wildman–Crippen MR) is 104 cm³/mol. The molecule has 0 fully saturated rings. The van der Waals surface area contributed by atoms with Gasteiger partial charge in [-0.25, -0.2) is 9.28 Å². The van der Waals surface area contributed by atoms with Crippen molar-refractivity contribution in [3.8, 4) is 16.9 Å². The first-order valence-electron chi connectivity index (χ1n) is 8.52. The minimum absolute atomic E-state index is 0.142. The van der Waals surface area contributed by atoms with Gasteiger partial charge in [0, 0.05) is 22.7 Å². The zero-order chi connectivity index (χ0) is 19.2. The van der Waals surface area contributed by atoms with Crippen LogP contribution in [0, 0.1) is 5.82 Å². The molecule has 0 saturated heterocycles. The molecule has 140 valence electrons. The van der Waals surface area contributed by atoms with E-state index in [0.29, 0.717) is 12.8 Å². The van der Waals surface area contributed by atoms with Crippen LogP contribution < -0.4 is 0 Å². The molecule has 0 aliphatic rings. The lowest BCUT2D eigenvalue weighted by Crippen LogP contribution is -2.04. The van der Waals surface area contributed by atoms with Crippen molar-refractivity contribution in [2.75, 3.05) is 7.11 Å². The summed E-state index contributed by atoms with van der Waals surface area (Å²) in [6.45, 7) is 1.59. The van der Waals surface area contributed by atoms with E-state index in [1.807, 2.05) is 36.4 Å². The smallest absolute Gasteiger partial charge is 0.130 e. The first-order chi connectivity index (χ1) is 13.1. The van der Waals surface area contributed by atoms with Gasteiger partial charge in [-0.15, -0.1) is 0 Å². The summed E-state index contributed by atoms with van der Waals surface area (Å²) >= 11 is 1.13. The number of nitrogens with zero attached hydrogens (tertiary/aromatic N) is 1. The highest BCUT2D eigenvalue weighted by Crippen LogP contribution is 2.29. The summed E-state index contributed by atoms with van der Waals surface area (Å²) in [6.07, 6.45) is 1.09. The van der Waals surface area contributed by atoms with Crippen LogP contribution in [0.1, 0.15) is 19.0 Å². The van der Waals surface area contributed by atoms with Gasteiger partial charge in [-0.2, -0.15) is 4.33 Å². The molecule has 0 amide bonds. The third-order valence-electron chi connectivity index (χ3n) is 4.13. The summed E-state index contributed by atoms with van der Waals surface area (Å²) in [4.78, 5) is 16.9. The van der Waals surface area contributed by atoms with Crippen LogP contribution in [0.5, 0.6) is 0 Å². The third-order valence-corrected chi connectivity index (χ3v) is 4.80. The lowest BCUT2D eigenvalue weighted by atomic mass is 10.1. The van der Waals surface area contributed by atoms with Gasteiger partial charge in [-0.3, -0.25) is 0 Å². The quantitative estimate of drug-likeness (QED) is 0.296. The summed E-state index contributed by atoms with van der Waals surface area (Å²) in [5, 5.41) is 0. The van der Waals surface area contributed by atoms with Crippen molar-refractivity contribution >= 4 is 17.8 Å². The Bertz CT molecular complexity index is 904. The molecular weight excluding hydrogens is 365 g/mol. The van der Waals surface area contributed by atoms with Crippen molar-refractivity contribution in [3.05, 3.63) is 72.2 Å². The average molecular weight is 385 g/mol. The van der Waals surface area contributed by atoms with Crippen LogP contribution >= 0.6 is 12.0 Å². The number of benzene rings is 2. The van der Waals surface area contributed by atoms with Crippen LogP contribution in [-0.4, -0.2) is 17.5 Å². The minimum Gasteiger partial charge on any atom is -0.314 e. The topological polar surface area (TPSA) is 40.5 Å². The van der Waals surface area contributed by atoms with Crippen LogP contribution in [0.2, 0.25) is 0 Å². The molecule has 0 bridgehead atoms. The van der Waals surface area contributed by atoms with Gasteiger partial charge in [0.1, 0.15) is 11.6 Å². The van der Waals surface area contributed by atoms with E-state index in [4.69, 9.17) is 4.33 Å². The van der Waals surface area contributed by atoms with Crippen LogP contribution in [0.3, 0.4) is 0 Å². The molecule has 3 rings (SSSR count). The number of rotatable bonds is 8. The number of ketones is 1. The van der Waals surface area contributed by atoms with E-state index in [9.17, 15) is 9.18 Å². The summed E-state index contributed by atoms with van der Waals surface area (Å²) in [5.41, 5.74) is 3.85. The fourth-order valence-corrected chi connectivity index (χ4v) is 3.25. The molecule has 0 N–H and O–H groups in total. The number of Topliss-reactive ketones (excluding diaryl/α,β-unsaturated/α-hetero) is 1. The average Bonchev–Trinajstić information content (AvgIpc) is 3.09. The molecule has 0 atom stereocenters. The Hall–Kier alpha value is -2.41. The number of hydrogen-bond donors (Lipinski definition) is 0. The van der Waals surface area contributed by atoms with Gasteiger partial charge < -0.3 is 9.36 Å². The van der Waals surface area contributed by atoms with Crippen molar-refractivity contribution in [1.29, 1.82) is 0 Å². The molecule has 4 nitrogen and oxygen atoms in total. The zero-order valence-corrected chi connectivity index (χ0v) is 16.0. The summed E-state index contributed by atoms with van der Waals surface area (Å²) in [6, 6.07) is 18.3. The van der Waals surface area contributed by atoms with E-state index in [2.05, 4.69) is 9.45 Å². The Morgan fingerprint density at radius 3 is 2.37 bits per heavy atom. The second-order valence-electron chi connectivity index (χ2n) is 6.07. The number of aromatic nitrogens is 1. The van der Waals surface area contributed by atoms with Crippen LogP contribution in [0.25, 0.3) is 16.9 Å². The second-order valence-corrected chi connectivity index (χ2v) is 6.84. The molecule has 2 aromatic carbocycles. The molecule has 0 aliphatic heterocycles. The first kappa shape index (κ1) is 19.4. The van der Waals surface area contributed by atoms with Gasteiger partial charge in [-0.05, 0) is 67.4 Å². The molecule has 6 heteroatoms. The second kappa shape index (κ2) is 8.99. The Labute approximate surface area is 162 Å². The molecule has 3 aromatic rings. The molecule has 27 heavy (non-hydrogen) atoms. The third kappa shape index (κ3) is 4.86. The fourth-order valence-electron chi connectivity index (χ4n) is 2.85. The SMILES string of the molecule is COOSc1ccc(-c2ccc(CCC(C)=O)n2-c2ccc(F)cc2)cc1. The molecule has 1 aromatic heterocycles. The van der Waals surface area contributed by atoms with E-state index >= 15 is 0 Å². The van der Waals surface area contributed by atoms with Crippen molar-refractivity contribution < 1.29 is 18.4 Å². The Morgan fingerprint density at radius 1 is 1.04 bits per heavy atom. The van der Waals surface area contributed by atoms with Crippen molar-refractivity contribution in [2.45, 2.75) is 24.7 Å². The Morgan fingerprint density at radius 2 is 1.74 bits per heavy atom. The summed E-state index contributed by atoms with van der Waals surface area (Å²) in [7, 11) is 1.46. The lowest BCUT2D eigenvalue weighted by Gasteiger charge is -2.14. The van der Waals surface area contributed by atoms with Gasteiger partial charge in [0.05, 0.1) is 24.8 Å². The van der Waals surface area contributed by atoms with Crippen LogP contribution in [-0.2, 0) is 20.4 Å². The monoisotopic (exact) mass is 385 g/mol. The summed E-state index contributed by atoms with van der Waals surface area (Å²) < 4.78 is 20.3. The van der Waals surface area contributed by atoms with Gasteiger partial charge >= 0.3 is 0 Å². The van der Waals surface area contributed by atoms with Crippen molar-refractivity contribution in [2.24, 2.45) is 0 Å². The predicted octanol–water partition coefficient (Wildman–Crippen LogP) is 5.39. The van der Waals surface area contributed by atoms with E-state index in [1.54, 1.807) is 19.1 Å². The fraction of sp³-hybridized carbons (Fsp3) is 0.190. The van der Waals surface area contributed by atoms with Crippen LogP contribution in [0.15, 0.2) is 65.6 Å². The molecule has 0 saturated carbocycles. The van der Waals surface area contributed by atoms with Gasteiger partial charge in [0.25, 0.3) is 0 Å². The van der Waals surface area contributed by atoms with E-state index in [1.165, 1.54) is 19.2 Å². The number of halogens is 1. The maximum Gasteiger partial charge on any atom is 0.130 e. The van der Waals surface area contributed by atoms with Gasteiger partial charge in [0.15, 0.2) is 0 Å². The Kier molecular flexibility index (Phi) is 6.45. The maximum atomic E-state index is 13.4. The normalized spacial score (nSPS) is 10.9. The molecule has 0 radical (unpaired) electrons. The van der Waals surface area contributed by atoms with Crippen molar-refractivity contribution in [3.63, 3.8) is 0 Å². The van der Waals surface area contributed by atoms with E-state index < -0.39 is 0 Å². The number of hydrogen-bond acceptors (Lipinski definition) is 4. The largest absolute Gasteiger partial charge is 0.314 e. The summed E-state index contributed by atoms with van der Waals surface area (Å²) in [5.74, 6) is -0.139. The molecular formula is C21H20FNO3S. The van der Waals surface area contributed by atoms with E-state index in [-0.39, 0.29) is 11.6 Å². The first-order valence-corrected chi connectivity index (χ1v) is 9.26.